The van der Waals surface area contributed by atoms with Crippen LogP contribution in [0, 0.1) is 13.8 Å². The number of carbonyl (C=O) groups excluding carboxylic acids is 1. The van der Waals surface area contributed by atoms with Crippen molar-refractivity contribution in [1.29, 1.82) is 0 Å². The van der Waals surface area contributed by atoms with E-state index in [9.17, 15) is 4.79 Å². The van der Waals surface area contributed by atoms with Gasteiger partial charge in [-0.05, 0) is 49.1 Å². The lowest BCUT2D eigenvalue weighted by Gasteiger charge is -2.22. The average molecular weight is 307 g/mol. The van der Waals surface area contributed by atoms with Crippen LogP contribution >= 0.6 is 0 Å². The van der Waals surface area contributed by atoms with Crippen LogP contribution in [0.4, 0.5) is 0 Å². The Balaban J connectivity index is 0.00000211. The zero-order valence-corrected chi connectivity index (χ0v) is 15.5. The maximum Gasteiger partial charge on any atom is 0.149 e. The standard InChI is InChI=1S/C17H27NO2.C2H6/c1-7-17(19)16(18-11(2)3)10-15-12(4)8-14(20-6)9-13(15)5;1-2/h8-9,11,16,18H,7,10H2,1-6H3;1-2H3. The molecule has 1 N–H and O–H groups in total. The summed E-state index contributed by atoms with van der Waals surface area (Å²) in [5, 5.41) is 3.38. The SMILES string of the molecule is CC.CCC(=O)C(Cc1c(C)cc(OC)cc1C)NC(C)C. The van der Waals surface area contributed by atoms with Gasteiger partial charge in [-0.15, -0.1) is 0 Å². The second-order valence-electron chi connectivity index (χ2n) is 5.64. The highest BCUT2D eigenvalue weighted by molar-refractivity contribution is 5.84. The number of carbonyl (C=O) groups is 1. The van der Waals surface area contributed by atoms with Crippen LogP contribution in [0.15, 0.2) is 12.1 Å². The third-order valence-electron chi connectivity index (χ3n) is 3.59. The Morgan fingerprint density at radius 3 is 2.05 bits per heavy atom. The summed E-state index contributed by atoms with van der Waals surface area (Å²) in [7, 11) is 1.68. The summed E-state index contributed by atoms with van der Waals surface area (Å²) < 4.78 is 5.29. The van der Waals surface area contributed by atoms with Crippen LogP contribution in [0.1, 0.15) is 57.7 Å². The molecule has 0 bridgehead atoms. The van der Waals surface area contributed by atoms with Gasteiger partial charge < -0.3 is 10.1 Å². The fourth-order valence-electron chi connectivity index (χ4n) is 2.51. The molecule has 0 aliphatic carbocycles. The minimum atomic E-state index is -0.106. The summed E-state index contributed by atoms with van der Waals surface area (Å²) in [6, 6.07) is 4.26. The van der Waals surface area contributed by atoms with Gasteiger partial charge in [-0.3, -0.25) is 4.79 Å². The Hall–Kier alpha value is -1.35. The quantitative estimate of drug-likeness (QED) is 0.819. The van der Waals surface area contributed by atoms with Crippen molar-refractivity contribution in [2.75, 3.05) is 7.11 Å². The summed E-state index contributed by atoms with van der Waals surface area (Å²) >= 11 is 0. The third-order valence-corrected chi connectivity index (χ3v) is 3.59. The van der Waals surface area contributed by atoms with Gasteiger partial charge in [0.2, 0.25) is 0 Å². The molecule has 0 saturated carbocycles. The largest absolute Gasteiger partial charge is 0.497 e. The first-order valence-electron chi connectivity index (χ1n) is 8.31. The van der Waals surface area contributed by atoms with Gasteiger partial charge >= 0.3 is 0 Å². The first-order chi connectivity index (χ1) is 10.4. The molecule has 1 unspecified atom stereocenters. The predicted octanol–water partition coefficient (Wildman–Crippen LogP) is 4.23. The Labute approximate surface area is 136 Å². The number of Topliss-reactive ketones (excluding diaryl/α,β-unsaturated/α-hetero) is 1. The Bertz CT molecular complexity index is 443. The highest BCUT2D eigenvalue weighted by Crippen LogP contribution is 2.23. The van der Waals surface area contributed by atoms with Gasteiger partial charge in [0.15, 0.2) is 0 Å². The van der Waals surface area contributed by atoms with E-state index in [-0.39, 0.29) is 11.8 Å². The number of aryl methyl sites for hydroxylation is 2. The minimum Gasteiger partial charge on any atom is -0.497 e. The van der Waals surface area contributed by atoms with Crippen molar-refractivity contribution < 1.29 is 9.53 Å². The van der Waals surface area contributed by atoms with E-state index < -0.39 is 0 Å². The maximum atomic E-state index is 12.1. The van der Waals surface area contributed by atoms with Gasteiger partial charge in [-0.25, -0.2) is 0 Å². The van der Waals surface area contributed by atoms with Crippen molar-refractivity contribution in [3.8, 4) is 5.75 Å². The molecule has 0 amide bonds. The van der Waals surface area contributed by atoms with Crippen LogP contribution in [0.2, 0.25) is 0 Å². The van der Waals surface area contributed by atoms with Crippen LogP contribution < -0.4 is 10.1 Å². The molecule has 0 aliphatic rings. The highest BCUT2D eigenvalue weighted by atomic mass is 16.5. The number of ketones is 1. The number of benzene rings is 1. The van der Waals surface area contributed by atoms with Crippen LogP contribution in [0.3, 0.4) is 0 Å². The Morgan fingerprint density at radius 1 is 1.18 bits per heavy atom. The summed E-state index contributed by atoms with van der Waals surface area (Å²) in [5.74, 6) is 1.15. The monoisotopic (exact) mass is 307 g/mol. The number of rotatable bonds is 7. The third kappa shape index (κ3) is 6.18. The normalized spacial score (nSPS) is 11.7. The van der Waals surface area contributed by atoms with Gasteiger partial charge in [-0.2, -0.15) is 0 Å². The summed E-state index contributed by atoms with van der Waals surface area (Å²) in [4.78, 5) is 12.1. The molecule has 0 radical (unpaired) electrons. The summed E-state index contributed by atoms with van der Waals surface area (Å²) in [6.45, 7) is 14.2. The Kier molecular flexibility index (Phi) is 9.75. The summed E-state index contributed by atoms with van der Waals surface area (Å²) in [5.41, 5.74) is 3.60. The predicted molar refractivity (Wildman–Crippen MR) is 94.9 cm³/mol. The molecule has 3 nitrogen and oxygen atoms in total. The molecule has 126 valence electrons. The van der Waals surface area contributed by atoms with Crippen LogP contribution in [0.5, 0.6) is 5.75 Å². The molecule has 1 aromatic rings. The zero-order chi connectivity index (χ0) is 17.3. The van der Waals surface area contributed by atoms with Gasteiger partial charge in [0.1, 0.15) is 11.5 Å². The molecule has 0 fully saturated rings. The van der Waals surface area contributed by atoms with Crippen molar-refractivity contribution in [2.24, 2.45) is 0 Å². The average Bonchev–Trinajstić information content (AvgIpc) is 2.50. The van der Waals surface area contributed by atoms with Gasteiger partial charge in [0, 0.05) is 12.5 Å². The van der Waals surface area contributed by atoms with E-state index in [1.165, 1.54) is 16.7 Å². The van der Waals surface area contributed by atoms with E-state index in [1.807, 2.05) is 32.9 Å². The number of hydrogen-bond acceptors (Lipinski definition) is 3. The second kappa shape index (κ2) is 10.4. The molecule has 22 heavy (non-hydrogen) atoms. The van der Waals surface area contributed by atoms with E-state index in [0.717, 1.165) is 12.2 Å². The smallest absolute Gasteiger partial charge is 0.149 e. The van der Waals surface area contributed by atoms with Crippen molar-refractivity contribution in [3.05, 3.63) is 28.8 Å². The molecule has 0 heterocycles. The van der Waals surface area contributed by atoms with E-state index in [4.69, 9.17) is 4.74 Å². The first kappa shape index (κ1) is 20.6. The molecule has 1 atom stereocenters. The van der Waals surface area contributed by atoms with Gasteiger partial charge in [0.25, 0.3) is 0 Å². The Morgan fingerprint density at radius 2 is 1.68 bits per heavy atom. The highest BCUT2D eigenvalue weighted by Gasteiger charge is 2.20. The minimum absolute atomic E-state index is 0.106. The van der Waals surface area contributed by atoms with Gasteiger partial charge in [0.05, 0.1) is 13.2 Å². The van der Waals surface area contributed by atoms with Crippen molar-refractivity contribution in [3.63, 3.8) is 0 Å². The van der Waals surface area contributed by atoms with Crippen LogP contribution in [0.25, 0.3) is 0 Å². The molecule has 1 rings (SSSR count). The van der Waals surface area contributed by atoms with E-state index in [0.29, 0.717) is 12.5 Å². The molecule has 0 spiro atoms. The summed E-state index contributed by atoms with van der Waals surface area (Å²) in [6.07, 6.45) is 1.31. The number of nitrogens with one attached hydrogen (secondary N) is 1. The molecule has 0 saturated heterocycles. The molecule has 1 aromatic carbocycles. The van der Waals surface area contributed by atoms with Crippen molar-refractivity contribution in [2.45, 2.75) is 73.4 Å². The fraction of sp³-hybridized carbons (Fsp3) is 0.632. The molecule has 0 aromatic heterocycles. The second-order valence-corrected chi connectivity index (χ2v) is 5.64. The molecule has 3 heteroatoms. The molecule has 0 aliphatic heterocycles. The van der Waals surface area contributed by atoms with Gasteiger partial charge in [-0.1, -0.05) is 34.6 Å². The molecular weight excluding hydrogens is 274 g/mol. The fourth-order valence-corrected chi connectivity index (χ4v) is 2.51. The van der Waals surface area contributed by atoms with E-state index >= 15 is 0 Å². The lowest BCUT2D eigenvalue weighted by Crippen LogP contribution is -2.42. The maximum absolute atomic E-state index is 12.1. The van der Waals surface area contributed by atoms with Crippen molar-refractivity contribution in [1.82, 2.24) is 5.32 Å². The number of hydrogen-bond donors (Lipinski definition) is 1. The van der Waals surface area contributed by atoms with Crippen LogP contribution in [-0.2, 0) is 11.2 Å². The lowest BCUT2D eigenvalue weighted by atomic mass is 9.93. The lowest BCUT2D eigenvalue weighted by molar-refractivity contribution is -0.120. The number of methoxy groups -OCH3 is 1. The first-order valence-corrected chi connectivity index (χ1v) is 8.31. The molecular formula is C19H33NO2. The van der Waals surface area contributed by atoms with E-state index in [1.54, 1.807) is 7.11 Å². The topological polar surface area (TPSA) is 38.3 Å². The van der Waals surface area contributed by atoms with Crippen LogP contribution in [-0.4, -0.2) is 25.0 Å². The number of ether oxygens (including phenoxy) is 1. The zero-order valence-electron chi connectivity index (χ0n) is 15.5. The van der Waals surface area contributed by atoms with E-state index in [2.05, 4.69) is 33.0 Å². The van der Waals surface area contributed by atoms with Crippen molar-refractivity contribution >= 4 is 5.78 Å².